The molecule has 30 heavy (non-hydrogen) atoms. The Morgan fingerprint density at radius 2 is 1.93 bits per heavy atom. The number of carbonyl (C=O) groups is 2. The second-order valence-electron chi connectivity index (χ2n) is 6.19. The number of nitrogens with one attached hydrogen (secondary N) is 3. The van der Waals surface area contributed by atoms with E-state index in [9.17, 15) is 9.59 Å². The van der Waals surface area contributed by atoms with Crippen molar-refractivity contribution in [3.63, 3.8) is 0 Å². The molecule has 0 atom stereocenters. The Morgan fingerprint density at radius 3 is 2.60 bits per heavy atom. The lowest BCUT2D eigenvalue weighted by Gasteiger charge is -2.13. The van der Waals surface area contributed by atoms with Gasteiger partial charge in [0.2, 0.25) is 0 Å². The highest BCUT2D eigenvalue weighted by Crippen LogP contribution is 2.35. The van der Waals surface area contributed by atoms with E-state index in [0.717, 1.165) is 0 Å². The molecule has 0 fully saturated rings. The highest BCUT2D eigenvalue weighted by molar-refractivity contribution is 6.33. The standard InChI is InChI=1S/C21H21ClN4O4/c1-4-24-21(28)26-16-6-5-12(9-15(16)22)30-18-7-8-25-17-11-19(29-3)14(10-13(17)18)20(27)23-2/h5-11H,4H2,1-3H3,(H,23,27)(H2,24,26,28). The van der Waals surface area contributed by atoms with Crippen molar-refractivity contribution in [2.75, 3.05) is 26.0 Å². The zero-order valence-corrected chi connectivity index (χ0v) is 17.5. The van der Waals surface area contributed by atoms with Crippen LogP contribution in [0.5, 0.6) is 17.2 Å². The van der Waals surface area contributed by atoms with Crippen LogP contribution < -0.4 is 25.4 Å². The molecule has 3 rings (SSSR count). The number of aromatic nitrogens is 1. The van der Waals surface area contributed by atoms with Crippen LogP contribution in [0.15, 0.2) is 42.6 Å². The van der Waals surface area contributed by atoms with E-state index in [1.54, 1.807) is 49.6 Å². The van der Waals surface area contributed by atoms with Gasteiger partial charge in [-0.2, -0.15) is 0 Å². The molecule has 8 nitrogen and oxygen atoms in total. The van der Waals surface area contributed by atoms with E-state index in [0.29, 0.717) is 51.0 Å². The number of pyridine rings is 1. The summed E-state index contributed by atoms with van der Waals surface area (Å²) < 4.78 is 11.3. The average molecular weight is 429 g/mol. The summed E-state index contributed by atoms with van der Waals surface area (Å²) in [5.74, 6) is 1.09. The van der Waals surface area contributed by atoms with Crippen LogP contribution in [0.2, 0.25) is 5.02 Å². The lowest BCUT2D eigenvalue weighted by atomic mass is 10.1. The van der Waals surface area contributed by atoms with Crippen molar-refractivity contribution in [2.24, 2.45) is 0 Å². The topological polar surface area (TPSA) is 102 Å². The van der Waals surface area contributed by atoms with Crippen molar-refractivity contribution in [3.8, 4) is 17.2 Å². The zero-order chi connectivity index (χ0) is 21.7. The summed E-state index contributed by atoms with van der Waals surface area (Å²) in [7, 11) is 3.04. The minimum absolute atomic E-state index is 0.285. The molecule has 0 spiro atoms. The maximum Gasteiger partial charge on any atom is 0.319 e. The molecule has 1 heterocycles. The number of hydrogen-bond acceptors (Lipinski definition) is 5. The number of nitrogens with zero attached hydrogens (tertiary/aromatic N) is 1. The van der Waals surface area contributed by atoms with Crippen molar-refractivity contribution < 1.29 is 19.1 Å². The summed E-state index contributed by atoms with van der Waals surface area (Å²) in [6, 6.07) is 9.62. The number of anilines is 1. The second-order valence-corrected chi connectivity index (χ2v) is 6.59. The molecular weight excluding hydrogens is 408 g/mol. The van der Waals surface area contributed by atoms with E-state index < -0.39 is 0 Å². The van der Waals surface area contributed by atoms with Crippen LogP contribution in [0.3, 0.4) is 0 Å². The zero-order valence-electron chi connectivity index (χ0n) is 16.7. The molecule has 0 aliphatic heterocycles. The molecule has 9 heteroatoms. The average Bonchev–Trinajstić information content (AvgIpc) is 2.74. The first kappa shape index (κ1) is 21.2. The molecule has 0 saturated heterocycles. The Labute approximate surface area is 178 Å². The van der Waals surface area contributed by atoms with Crippen LogP contribution in [-0.4, -0.2) is 37.6 Å². The van der Waals surface area contributed by atoms with Gasteiger partial charge in [0.1, 0.15) is 17.2 Å². The largest absolute Gasteiger partial charge is 0.496 e. The van der Waals surface area contributed by atoms with Gasteiger partial charge in [-0.1, -0.05) is 11.6 Å². The van der Waals surface area contributed by atoms with Crippen molar-refractivity contribution in [3.05, 3.63) is 53.2 Å². The summed E-state index contributed by atoms with van der Waals surface area (Å²) >= 11 is 6.28. The highest BCUT2D eigenvalue weighted by atomic mass is 35.5. The number of halogens is 1. The first-order valence-electron chi connectivity index (χ1n) is 9.18. The summed E-state index contributed by atoms with van der Waals surface area (Å²) in [5, 5.41) is 8.85. The molecule has 3 amide bonds. The fraction of sp³-hybridized carbons (Fsp3) is 0.190. The molecular formula is C21H21ClN4O4. The summed E-state index contributed by atoms with van der Waals surface area (Å²) in [6.07, 6.45) is 1.60. The van der Waals surface area contributed by atoms with Crippen LogP contribution >= 0.6 is 11.6 Å². The first-order chi connectivity index (χ1) is 14.5. The summed E-state index contributed by atoms with van der Waals surface area (Å²) in [6.45, 7) is 2.32. The van der Waals surface area contributed by atoms with E-state index >= 15 is 0 Å². The van der Waals surface area contributed by atoms with Gasteiger partial charge in [0, 0.05) is 37.3 Å². The number of carbonyl (C=O) groups excluding carboxylic acids is 2. The third kappa shape index (κ3) is 4.55. The maximum absolute atomic E-state index is 12.2. The van der Waals surface area contributed by atoms with Crippen molar-refractivity contribution in [2.45, 2.75) is 6.92 Å². The van der Waals surface area contributed by atoms with Crippen LogP contribution in [0.25, 0.3) is 10.9 Å². The Balaban J connectivity index is 1.94. The number of urea groups is 1. The smallest absolute Gasteiger partial charge is 0.319 e. The highest BCUT2D eigenvalue weighted by Gasteiger charge is 2.16. The van der Waals surface area contributed by atoms with Gasteiger partial charge >= 0.3 is 6.03 Å². The van der Waals surface area contributed by atoms with E-state index in [2.05, 4.69) is 20.9 Å². The SMILES string of the molecule is CCNC(=O)Nc1ccc(Oc2ccnc3cc(OC)c(C(=O)NC)cc23)cc1Cl. The van der Waals surface area contributed by atoms with E-state index in [-0.39, 0.29) is 11.9 Å². The molecule has 0 bridgehead atoms. The normalized spacial score (nSPS) is 10.4. The van der Waals surface area contributed by atoms with Crippen molar-refractivity contribution in [1.82, 2.24) is 15.6 Å². The molecule has 0 unspecified atom stereocenters. The predicted octanol–water partition coefficient (Wildman–Crippen LogP) is 4.19. The van der Waals surface area contributed by atoms with Crippen LogP contribution in [0, 0.1) is 0 Å². The van der Waals surface area contributed by atoms with Gasteiger partial charge in [-0.25, -0.2) is 4.79 Å². The molecule has 0 aliphatic carbocycles. The third-order valence-electron chi connectivity index (χ3n) is 4.25. The fourth-order valence-corrected chi connectivity index (χ4v) is 3.05. The lowest BCUT2D eigenvalue weighted by molar-refractivity contribution is 0.0960. The maximum atomic E-state index is 12.2. The molecule has 1 aromatic heterocycles. The number of ether oxygens (including phenoxy) is 2. The van der Waals surface area contributed by atoms with Gasteiger partial charge in [-0.05, 0) is 31.2 Å². The van der Waals surface area contributed by atoms with Gasteiger partial charge in [-0.3, -0.25) is 9.78 Å². The van der Waals surface area contributed by atoms with Crippen molar-refractivity contribution >= 4 is 40.1 Å². The number of amides is 3. The second kappa shape index (κ2) is 9.32. The monoisotopic (exact) mass is 428 g/mol. The first-order valence-corrected chi connectivity index (χ1v) is 9.55. The summed E-state index contributed by atoms with van der Waals surface area (Å²) in [5.41, 5.74) is 1.43. The van der Waals surface area contributed by atoms with Gasteiger partial charge in [0.25, 0.3) is 5.91 Å². The van der Waals surface area contributed by atoms with Crippen LogP contribution in [-0.2, 0) is 0 Å². The quantitative estimate of drug-likeness (QED) is 0.546. The molecule has 0 saturated carbocycles. The minimum Gasteiger partial charge on any atom is -0.496 e. The predicted molar refractivity (Wildman–Crippen MR) is 116 cm³/mol. The van der Waals surface area contributed by atoms with Gasteiger partial charge < -0.3 is 25.4 Å². The number of benzene rings is 2. The van der Waals surface area contributed by atoms with E-state index in [1.165, 1.54) is 7.11 Å². The Morgan fingerprint density at radius 1 is 1.13 bits per heavy atom. The molecule has 3 N–H and O–H groups in total. The summed E-state index contributed by atoms with van der Waals surface area (Å²) in [4.78, 5) is 28.2. The number of hydrogen-bond donors (Lipinski definition) is 3. The van der Waals surface area contributed by atoms with Gasteiger partial charge in [-0.15, -0.1) is 0 Å². The minimum atomic E-state index is -0.344. The molecule has 0 radical (unpaired) electrons. The fourth-order valence-electron chi connectivity index (χ4n) is 2.83. The Hall–Kier alpha value is -3.52. The third-order valence-corrected chi connectivity index (χ3v) is 4.56. The van der Waals surface area contributed by atoms with Gasteiger partial charge in [0.15, 0.2) is 0 Å². The number of rotatable bonds is 6. The van der Waals surface area contributed by atoms with E-state index in [1.807, 2.05) is 6.92 Å². The molecule has 156 valence electrons. The van der Waals surface area contributed by atoms with Crippen LogP contribution in [0.4, 0.5) is 10.5 Å². The number of fused-ring (bicyclic) bond motifs is 1. The van der Waals surface area contributed by atoms with Crippen molar-refractivity contribution in [1.29, 1.82) is 0 Å². The van der Waals surface area contributed by atoms with E-state index in [4.69, 9.17) is 21.1 Å². The Kier molecular flexibility index (Phi) is 6.58. The number of methoxy groups -OCH3 is 1. The van der Waals surface area contributed by atoms with Crippen LogP contribution in [0.1, 0.15) is 17.3 Å². The Bertz CT molecular complexity index is 1100. The molecule has 0 aliphatic rings. The molecule has 2 aromatic carbocycles. The van der Waals surface area contributed by atoms with Gasteiger partial charge in [0.05, 0.1) is 28.9 Å². The lowest BCUT2D eigenvalue weighted by Crippen LogP contribution is -2.28. The molecule has 3 aromatic rings.